The van der Waals surface area contributed by atoms with Crippen LogP contribution in [0, 0.1) is 14.9 Å². The molecule has 0 fully saturated rings. The highest BCUT2D eigenvalue weighted by atomic mass is 127. The smallest absolute Gasteiger partial charge is 0.266 e. The minimum absolute atomic E-state index is 0.00441. The number of carbonyl (C=O) groups is 1. The Labute approximate surface area is 160 Å². The van der Waals surface area contributed by atoms with Gasteiger partial charge in [0.05, 0.1) is 13.7 Å². The Morgan fingerprint density at radius 1 is 1.24 bits per heavy atom. The number of nitriles is 1. The van der Waals surface area contributed by atoms with Crippen LogP contribution < -0.4 is 14.8 Å². The molecule has 2 aromatic carbocycles. The average molecular weight is 448 g/mol. The predicted molar refractivity (Wildman–Crippen MR) is 106 cm³/mol. The fraction of sp³-hybridized carbons (Fsp3) is 0.158. The van der Waals surface area contributed by atoms with Crippen LogP contribution in [-0.4, -0.2) is 19.6 Å². The molecule has 0 heterocycles. The van der Waals surface area contributed by atoms with Crippen LogP contribution in [0.1, 0.15) is 12.5 Å². The molecule has 0 saturated heterocycles. The van der Waals surface area contributed by atoms with E-state index in [1.807, 2.05) is 25.1 Å². The van der Waals surface area contributed by atoms with Crippen molar-refractivity contribution in [2.45, 2.75) is 6.92 Å². The highest BCUT2D eigenvalue weighted by Crippen LogP contribution is 2.29. The maximum absolute atomic E-state index is 12.3. The molecule has 6 heteroatoms. The van der Waals surface area contributed by atoms with E-state index < -0.39 is 5.91 Å². The number of halogens is 1. The average Bonchev–Trinajstić information content (AvgIpc) is 2.62. The van der Waals surface area contributed by atoms with Gasteiger partial charge < -0.3 is 14.8 Å². The van der Waals surface area contributed by atoms with E-state index in [2.05, 4.69) is 27.9 Å². The quantitative estimate of drug-likeness (QED) is 0.408. The van der Waals surface area contributed by atoms with Gasteiger partial charge >= 0.3 is 0 Å². The molecule has 1 amide bonds. The Hall–Kier alpha value is -2.53. The highest BCUT2D eigenvalue weighted by Gasteiger charge is 2.11. The first-order chi connectivity index (χ1) is 12.1. The number of anilines is 1. The van der Waals surface area contributed by atoms with E-state index in [-0.39, 0.29) is 5.57 Å². The molecular weight excluding hydrogens is 431 g/mol. The van der Waals surface area contributed by atoms with Gasteiger partial charge in [-0.25, -0.2) is 0 Å². The van der Waals surface area contributed by atoms with E-state index >= 15 is 0 Å². The molecule has 0 aromatic heterocycles. The monoisotopic (exact) mass is 448 g/mol. The standard InChI is InChI=1S/C19H17IN2O3/c1-3-25-17-9-4-13(11-18(17)24-2)10-14(12-21)19(23)22-16-7-5-15(20)6-8-16/h4-11H,3H2,1-2H3,(H,22,23)/b14-10-. The molecule has 128 valence electrons. The zero-order chi connectivity index (χ0) is 18.2. The van der Waals surface area contributed by atoms with Crippen molar-refractivity contribution >= 4 is 40.3 Å². The van der Waals surface area contributed by atoms with Crippen LogP contribution in [-0.2, 0) is 4.79 Å². The van der Waals surface area contributed by atoms with Crippen molar-refractivity contribution in [1.29, 1.82) is 5.26 Å². The number of nitrogens with one attached hydrogen (secondary N) is 1. The first kappa shape index (κ1) is 18.8. The van der Waals surface area contributed by atoms with Gasteiger partial charge in [-0.05, 0) is 77.6 Å². The Morgan fingerprint density at radius 2 is 1.96 bits per heavy atom. The van der Waals surface area contributed by atoms with Crippen LogP contribution in [0.3, 0.4) is 0 Å². The number of benzene rings is 2. The lowest BCUT2D eigenvalue weighted by Crippen LogP contribution is -2.13. The van der Waals surface area contributed by atoms with Gasteiger partial charge in [0, 0.05) is 9.26 Å². The molecule has 0 bridgehead atoms. The SMILES string of the molecule is CCOc1ccc(/C=C(/C#N)C(=O)Nc2ccc(I)cc2)cc1OC. The number of hydrogen-bond donors (Lipinski definition) is 1. The van der Waals surface area contributed by atoms with Crippen molar-refractivity contribution in [3.63, 3.8) is 0 Å². The molecular formula is C19H17IN2O3. The molecule has 25 heavy (non-hydrogen) atoms. The van der Waals surface area contributed by atoms with Gasteiger partial charge in [-0.2, -0.15) is 5.26 Å². The normalized spacial score (nSPS) is 10.7. The molecule has 0 unspecified atom stereocenters. The second-order valence-corrected chi connectivity index (χ2v) is 6.22. The van der Waals surface area contributed by atoms with Gasteiger partial charge in [0.25, 0.3) is 5.91 Å². The molecule has 0 saturated carbocycles. The summed E-state index contributed by atoms with van der Waals surface area (Å²) in [6.07, 6.45) is 1.51. The van der Waals surface area contributed by atoms with Gasteiger partial charge in [-0.3, -0.25) is 4.79 Å². The molecule has 2 rings (SSSR count). The third-order valence-electron chi connectivity index (χ3n) is 3.27. The Bertz CT molecular complexity index is 824. The van der Waals surface area contributed by atoms with E-state index in [1.165, 1.54) is 6.08 Å². The molecule has 0 aliphatic carbocycles. The van der Waals surface area contributed by atoms with Crippen LogP contribution in [0.2, 0.25) is 0 Å². The maximum atomic E-state index is 12.3. The van der Waals surface area contributed by atoms with Crippen LogP contribution in [0.15, 0.2) is 48.0 Å². The Kier molecular flexibility index (Phi) is 6.83. The summed E-state index contributed by atoms with van der Waals surface area (Å²) in [7, 11) is 1.54. The Morgan fingerprint density at radius 3 is 2.56 bits per heavy atom. The van der Waals surface area contributed by atoms with Crippen LogP contribution in [0.25, 0.3) is 6.08 Å². The Balaban J connectivity index is 2.22. The summed E-state index contributed by atoms with van der Waals surface area (Å²) >= 11 is 2.18. The number of carbonyl (C=O) groups excluding carboxylic acids is 1. The summed E-state index contributed by atoms with van der Waals surface area (Å²) in [6.45, 7) is 2.41. The van der Waals surface area contributed by atoms with Crippen LogP contribution >= 0.6 is 22.6 Å². The zero-order valence-electron chi connectivity index (χ0n) is 13.9. The van der Waals surface area contributed by atoms with Crippen molar-refractivity contribution in [3.8, 4) is 17.6 Å². The summed E-state index contributed by atoms with van der Waals surface area (Å²) in [4.78, 5) is 12.3. The summed E-state index contributed by atoms with van der Waals surface area (Å²) in [6, 6.07) is 14.5. The molecule has 5 nitrogen and oxygen atoms in total. The third-order valence-corrected chi connectivity index (χ3v) is 3.98. The lowest BCUT2D eigenvalue weighted by atomic mass is 10.1. The topological polar surface area (TPSA) is 71.3 Å². The minimum atomic E-state index is -0.462. The van der Waals surface area contributed by atoms with Crippen molar-refractivity contribution in [2.24, 2.45) is 0 Å². The summed E-state index contributed by atoms with van der Waals surface area (Å²) in [5.74, 6) is 0.700. The molecule has 0 aliphatic rings. The maximum Gasteiger partial charge on any atom is 0.266 e. The van der Waals surface area contributed by atoms with Gasteiger partial charge in [-0.1, -0.05) is 6.07 Å². The molecule has 0 atom stereocenters. The van der Waals surface area contributed by atoms with E-state index in [9.17, 15) is 10.1 Å². The molecule has 0 spiro atoms. The van der Waals surface area contributed by atoms with Crippen molar-refractivity contribution in [2.75, 3.05) is 19.0 Å². The number of methoxy groups -OCH3 is 1. The first-order valence-corrected chi connectivity index (χ1v) is 8.64. The van der Waals surface area contributed by atoms with Gasteiger partial charge in [0.15, 0.2) is 11.5 Å². The first-order valence-electron chi connectivity index (χ1n) is 7.57. The number of rotatable bonds is 6. The van der Waals surface area contributed by atoms with Crippen LogP contribution in [0.4, 0.5) is 5.69 Å². The minimum Gasteiger partial charge on any atom is -0.493 e. The molecule has 0 radical (unpaired) electrons. The van der Waals surface area contributed by atoms with E-state index in [4.69, 9.17) is 9.47 Å². The molecule has 0 aliphatic heterocycles. The lowest BCUT2D eigenvalue weighted by molar-refractivity contribution is -0.112. The van der Waals surface area contributed by atoms with Crippen LogP contribution in [0.5, 0.6) is 11.5 Å². The van der Waals surface area contributed by atoms with Gasteiger partial charge in [0.1, 0.15) is 11.6 Å². The molecule has 2 aromatic rings. The predicted octanol–water partition coefficient (Wildman–Crippen LogP) is 4.24. The fourth-order valence-corrected chi connectivity index (χ4v) is 2.46. The summed E-state index contributed by atoms with van der Waals surface area (Å²) < 4.78 is 11.8. The second-order valence-electron chi connectivity index (χ2n) is 4.97. The third kappa shape index (κ3) is 5.22. The van der Waals surface area contributed by atoms with Crippen molar-refractivity contribution in [1.82, 2.24) is 0 Å². The van der Waals surface area contributed by atoms with Crippen molar-refractivity contribution < 1.29 is 14.3 Å². The van der Waals surface area contributed by atoms with Gasteiger partial charge in [-0.15, -0.1) is 0 Å². The van der Waals surface area contributed by atoms with E-state index in [0.717, 1.165) is 3.57 Å². The highest BCUT2D eigenvalue weighted by molar-refractivity contribution is 14.1. The number of ether oxygens (including phenoxy) is 2. The lowest BCUT2D eigenvalue weighted by Gasteiger charge is -2.10. The van der Waals surface area contributed by atoms with E-state index in [1.54, 1.807) is 37.4 Å². The fourth-order valence-electron chi connectivity index (χ4n) is 2.10. The molecule has 1 N–H and O–H groups in total. The number of amides is 1. The number of hydrogen-bond acceptors (Lipinski definition) is 4. The van der Waals surface area contributed by atoms with Crippen molar-refractivity contribution in [3.05, 3.63) is 57.2 Å². The zero-order valence-corrected chi connectivity index (χ0v) is 16.0. The largest absolute Gasteiger partial charge is 0.493 e. The van der Waals surface area contributed by atoms with E-state index in [0.29, 0.717) is 29.4 Å². The second kappa shape index (κ2) is 9.08. The number of nitrogens with zero attached hydrogens (tertiary/aromatic N) is 1. The summed E-state index contributed by atoms with van der Waals surface area (Å²) in [5, 5.41) is 12.0. The van der Waals surface area contributed by atoms with Gasteiger partial charge in [0.2, 0.25) is 0 Å². The summed E-state index contributed by atoms with van der Waals surface area (Å²) in [5.41, 5.74) is 1.32.